The van der Waals surface area contributed by atoms with E-state index >= 15 is 0 Å². The van der Waals surface area contributed by atoms with Gasteiger partial charge in [-0.25, -0.2) is 12.7 Å². The Bertz CT molecular complexity index is 623. The molecule has 0 saturated heterocycles. The molecule has 0 aromatic heterocycles. The highest BCUT2D eigenvalue weighted by Crippen LogP contribution is 2.29. The largest absolute Gasteiger partial charge is 0.325 e. The molecule has 2 rings (SSSR count). The summed E-state index contributed by atoms with van der Waals surface area (Å²) in [4.78, 5) is 12.2. The first kappa shape index (κ1) is 17.3. The van der Waals surface area contributed by atoms with E-state index in [9.17, 15) is 13.2 Å². The first-order chi connectivity index (χ1) is 10.4. The van der Waals surface area contributed by atoms with Crippen LogP contribution in [0.25, 0.3) is 0 Å². The van der Waals surface area contributed by atoms with Gasteiger partial charge >= 0.3 is 0 Å². The van der Waals surface area contributed by atoms with Crippen LogP contribution in [-0.2, 0) is 14.8 Å². The number of benzene rings is 1. The fourth-order valence-electron chi connectivity index (χ4n) is 2.39. The van der Waals surface area contributed by atoms with Gasteiger partial charge in [0.1, 0.15) is 0 Å². The number of thioether (sulfide) groups is 1. The molecule has 5 nitrogen and oxygen atoms in total. The van der Waals surface area contributed by atoms with Crippen molar-refractivity contribution >= 4 is 33.4 Å². The van der Waals surface area contributed by atoms with E-state index in [1.54, 1.807) is 23.9 Å². The minimum absolute atomic E-state index is 0.0868. The summed E-state index contributed by atoms with van der Waals surface area (Å²) in [6.45, 7) is 0. The van der Waals surface area contributed by atoms with Gasteiger partial charge in [-0.15, -0.1) is 11.8 Å². The normalized spacial score (nSPS) is 16.1. The Morgan fingerprint density at radius 1 is 1.32 bits per heavy atom. The number of sulfonamides is 1. The molecule has 0 atom stereocenters. The number of nitrogens with one attached hydrogen (secondary N) is 1. The van der Waals surface area contributed by atoms with Crippen molar-refractivity contribution in [3.8, 4) is 0 Å². The van der Waals surface area contributed by atoms with Crippen molar-refractivity contribution < 1.29 is 13.2 Å². The second-order valence-electron chi connectivity index (χ2n) is 5.58. The van der Waals surface area contributed by atoms with Crippen LogP contribution in [0.2, 0.25) is 0 Å². The predicted molar refractivity (Wildman–Crippen MR) is 90.7 cm³/mol. The summed E-state index contributed by atoms with van der Waals surface area (Å²) in [5.74, 6) is 0.325. The first-order valence-corrected chi connectivity index (χ1v) is 9.82. The van der Waals surface area contributed by atoms with Crippen molar-refractivity contribution in [1.29, 1.82) is 0 Å². The lowest BCUT2D eigenvalue weighted by Gasteiger charge is -2.13. The molecule has 122 valence electrons. The average molecular weight is 342 g/mol. The Hall–Kier alpha value is -1.05. The van der Waals surface area contributed by atoms with Gasteiger partial charge in [-0.1, -0.05) is 18.9 Å². The number of hydrogen-bond donors (Lipinski definition) is 1. The smallest absolute Gasteiger partial charge is 0.242 e. The van der Waals surface area contributed by atoms with Crippen molar-refractivity contribution in [3.05, 3.63) is 24.3 Å². The molecule has 22 heavy (non-hydrogen) atoms. The van der Waals surface area contributed by atoms with E-state index in [-0.39, 0.29) is 10.8 Å². The monoisotopic (exact) mass is 342 g/mol. The lowest BCUT2D eigenvalue weighted by atomic mass is 10.3. The number of hydrogen-bond acceptors (Lipinski definition) is 4. The molecule has 1 aromatic carbocycles. The molecule has 0 aliphatic heterocycles. The van der Waals surface area contributed by atoms with Gasteiger partial charge in [0, 0.05) is 25.0 Å². The molecule has 1 fully saturated rings. The maximum atomic E-state index is 12.1. The summed E-state index contributed by atoms with van der Waals surface area (Å²) < 4.78 is 25.3. The molecule has 1 amide bonds. The van der Waals surface area contributed by atoms with Crippen molar-refractivity contribution in [2.45, 2.75) is 35.8 Å². The van der Waals surface area contributed by atoms with Crippen molar-refractivity contribution in [2.75, 3.05) is 25.2 Å². The van der Waals surface area contributed by atoms with E-state index in [2.05, 4.69) is 5.32 Å². The molecule has 0 bridgehead atoms. The van der Waals surface area contributed by atoms with E-state index in [4.69, 9.17) is 0 Å². The number of carbonyl (C=O) groups is 1. The van der Waals surface area contributed by atoms with Gasteiger partial charge in [0.2, 0.25) is 15.9 Å². The molecule has 7 heteroatoms. The Morgan fingerprint density at radius 2 is 2.00 bits per heavy atom. The number of carbonyl (C=O) groups excluding carboxylic acids is 1. The molecule has 1 aromatic rings. The standard InChI is InChI=1S/C15H22N2O3S2/c1-17(2)22(19,20)14-9-5-6-12(10-14)16-15(18)11-21-13-7-3-4-8-13/h5-6,9-10,13H,3-4,7-8,11H2,1-2H3,(H,16,18). The lowest BCUT2D eigenvalue weighted by molar-refractivity contribution is -0.113. The molecule has 1 aliphatic rings. The van der Waals surface area contributed by atoms with Crippen molar-refractivity contribution in [1.82, 2.24) is 4.31 Å². The third-order valence-electron chi connectivity index (χ3n) is 3.65. The summed E-state index contributed by atoms with van der Waals surface area (Å²) in [5.41, 5.74) is 0.514. The first-order valence-electron chi connectivity index (χ1n) is 7.33. The Balaban J connectivity index is 1.96. The second kappa shape index (κ2) is 7.48. The zero-order valence-corrected chi connectivity index (χ0v) is 14.5. The van der Waals surface area contributed by atoms with E-state index in [1.165, 1.54) is 51.9 Å². The quantitative estimate of drug-likeness (QED) is 0.863. The van der Waals surface area contributed by atoms with Crippen LogP contribution in [0.1, 0.15) is 25.7 Å². The predicted octanol–water partition coefficient (Wildman–Crippen LogP) is 2.55. The Labute approximate surface area is 136 Å². The third-order valence-corrected chi connectivity index (χ3v) is 6.83. The van der Waals surface area contributed by atoms with Crippen LogP contribution in [-0.4, -0.2) is 43.7 Å². The topological polar surface area (TPSA) is 66.5 Å². The van der Waals surface area contributed by atoms with Gasteiger partial charge in [0.05, 0.1) is 10.6 Å². The average Bonchev–Trinajstić information content (AvgIpc) is 2.98. The van der Waals surface area contributed by atoms with E-state index in [0.29, 0.717) is 16.7 Å². The maximum Gasteiger partial charge on any atom is 0.242 e. The molecular weight excluding hydrogens is 320 g/mol. The Morgan fingerprint density at radius 3 is 2.64 bits per heavy atom. The molecule has 1 N–H and O–H groups in total. The molecule has 1 aliphatic carbocycles. The van der Waals surface area contributed by atoms with Crippen molar-refractivity contribution in [3.63, 3.8) is 0 Å². The second-order valence-corrected chi connectivity index (χ2v) is 9.02. The van der Waals surface area contributed by atoms with E-state index in [0.717, 1.165) is 4.31 Å². The van der Waals surface area contributed by atoms with Gasteiger partial charge < -0.3 is 5.32 Å². The van der Waals surface area contributed by atoms with Gasteiger partial charge in [-0.3, -0.25) is 4.79 Å². The fourth-order valence-corrected chi connectivity index (χ4v) is 4.46. The van der Waals surface area contributed by atoms with Crippen LogP contribution in [0.3, 0.4) is 0 Å². The molecule has 0 spiro atoms. The summed E-state index contributed by atoms with van der Waals surface area (Å²) >= 11 is 1.69. The van der Waals surface area contributed by atoms with Crippen LogP contribution >= 0.6 is 11.8 Å². The van der Waals surface area contributed by atoms with Crippen LogP contribution < -0.4 is 5.32 Å². The third kappa shape index (κ3) is 4.47. The Kier molecular flexibility index (Phi) is 5.88. The minimum atomic E-state index is -3.48. The fraction of sp³-hybridized carbons (Fsp3) is 0.533. The number of rotatable bonds is 6. The zero-order chi connectivity index (χ0) is 16.2. The number of amides is 1. The number of anilines is 1. The van der Waals surface area contributed by atoms with Gasteiger partial charge in [-0.05, 0) is 31.0 Å². The van der Waals surface area contributed by atoms with Gasteiger partial charge in [-0.2, -0.15) is 0 Å². The maximum absolute atomic E-state index is 12.1. The van der Waals surface area contributed by atoms with Crippen LogP contribution in [0.5, 0.6) is 0 Å². The molecule has 0 heterocycles. The lowest BCUT2D eigenvalue weighted by Crippen LogP contribution is -2.22. The number of nitrogens with zero attached hydrogens (tertiary/aromatic N) is 1. The van der Waals surface area contributed by atoms with Crippen LogP contribution in [0.15, 0.2) is 29.2 Å². The summed E-state index contributed by atoms with van der Waals surface area (Å²) in [5, 5.41) is 3.36. The van der Waals surface area contributed by atoms with E-state index in [1.807, 2.05) is 0 Å². The summed E-state index contributed by atoms with van der Waals surface area (Å²) in [6, 6.07) is 6.36. The van der Waals surface area contributed by atoms with E-state index < -0.39 is 10.0 Å². The highest BCUT2D eigenvalue weighted by molar-refractivity contribution is 8.00. The zero-order valence-electron chi connectivity index (χ0n) is 12.9. The SMILES string of the molecule is CN(C)S(=O)(=O)c1cccc(NC(=O)CSC2CCCC2)c1. The minimum Gasteiger partial charge on any atom is -0.325 e. The molecule has 0 radical (unpaired) electrons. The highest BCUT2D eigenvalue weighted by atomic mass is 32.2. The summed E-state index contributed by atoms with van der Waals surface area (Å²) in [6.07, 6.45) is 4.89. The molecule has 1 saturated carbocycles. The van der Waals surface area contributed by atoms with Crippen LogP contribution in [0.4, 0.5) is 5.69 Å². The highest BCUT2D eigenvalue weighted by Gasteiger charge is 2.19. The van der Waals surface area contributed by atoms with Crippen molar-refractivity contribution in [2.24, 2.45) is 0 Å². The molecule has 0 unspecified atom stereocenters. The summed E-state index contributed by atoms with van der Waals surface area (Å²) in [7, 11) is -0.514. The molecular formula is C15H22N2O3S2. The van der Waals surface area contributed by atoms with Gasteiger partial charge in [0.15, 0.2) is 0 Å². The van der Waals surface area contributed by atoms with Gasteiger partial charge in [0.25, 0.3) is 0 Å². The van der Waals surface area contributed by atoms with Crippen LogP contribution in [0, 0.1) is 0 Å².